The molecular weight excluding hydrogens is 284 g/mol. The molecule has 2 rings (SSSR count). The fraction of sp³-hybridized carbons (Fsp3) is 0. The van der Waals surface area contributed by atoms with E-state index < -0.39 is 0 Å². The van der Waals surface area contributed by atoms with Gasteiger partial charge in [-0.2, -0.15) is 0 Å². The quantitative estimate of drug-likeness (QED) is 0.578. The van der Waals surface area contributed by atoms with Crippen molar-refractivity contribution in [1.29, 1.82) is 0 Å². The lowest BCUT2D eigenvalue weighted by molar-refractivity contribution is 1.27. The minimum absolute atomic E-state index is 0.821. The van der Waals surface area contributed by atoms with E-state index in [4.69, 9.17) is 0 Å². The summed E-state index contributed by atoms with van der Waals surface area (Å²) < 4.78 is 7.50. The highest BCUT2D eigenvalue weighted by Crippen LogP contribution is 2.07. The number of pyridine rings is 2. The summed E-state index contributed by atoms with van der Waals surface area (Å²) in [5, 5.41) is 7.60. The Labute approximate surface area is 126 Å². The van der Waals surface area contributed by atoms with Gasteiger partial charge in [-0.05, 0) is 36.4 Å². The van der Waals surface area contributed by atoms with Crippen LogP contribution in [0.25, 0.3) is 12.2 Å². The molecule has 0 bridgehead atoms. The third-order valence-electron chi connectivity index (χ3n) is 2.17. The third kappa shape index (κ3) is 6.35. The van der Waals surface area contributed by atoms with Gasteiger partial charge < -0.3 is 0 Å². The molecule has 6 nitrogen and oxygen atoms in total. The molecule has 0 atom stereocenters. The van der Waals surface area contributed by atoms with Crippen molar-refractivity contribution in [3.8, 4) is 0 Å². The first-order valence-corrected chi connectivity index (χ1v) is 6.80. The molecule has 0 fully saturated rings. The van der Waals surface area contributed by atoms with Gasteiger partial charge in [-0.3, -0.25) is 9.97 Å². The molecule has 0 radical (unpaired) electrons. The molecule has 2 heterocycles. The summed E-state index contributed by atoms with van der Waals surface area (Å²) in [6, 6.07) is 11.3. The van der Waals surface area contributed by atoms with Crippen molar-refractivity contribution in [2.45, 2.75) is 0 Å². The highest BCUT2D eigenvalue weighted by Gasteiger charge is 1.83. The van der Waals surface area contributed by atoms with E-state index in [0.717, 1.165) is 23.5 Å². The maximum atomic E-state index is 4.11. The van der Waals surface area contributed by atoms with Crippen LogP contribution in [0.3, 0.4) is 0 Å². The molecule has 104 valence electrons. The number of rotatable bonds is 6. The Bertz CT molecular complexity index is 580. The van der Waals surface area contributed by atoms with E-state index in [1.54, 1.807) is 36.9 Å². The maximum Gasteiger partial charge on any atom is 0.160 e. The summed E-state index contributed by atoms with van der Waals surface area (Å²) in [5.74, 6) is 0. The first kappa shape index (κ1) is 14.7. The molecule has 7 heteroatoms. The zero-order valence-corrected chi connectivity index (χ0v) is 11.8. The van der Waals surface area contributed by atoms with Crippen LogP contribution < -0.4 is 0 Å². The summed E-state index contributed by atoms with van der Waals surface area (Å²) in [5.41, 5.74) is 1.64. The van der Waals surface area contributed by atoms with Crippen molar-refractivity contribution in [3.63, 3.8) is 0 Å². The SMILES string of the molecule is C(=Cc1ccccn1)N=NSN=NC=Cc1ccccn1. The molecular formula is C14H12N6S. The van der Waals surface area contributed by atoms with Gasteiger partial charge in [0.05, 0.1) is 23.8 Å². The molecule has 0 unspecified atom stereocenters. The standard InChI is InChI=1S/C14H12N6S/c1-3-9-15-13(5-1)7-11-17-19-21-20-18-12-8-14-6-2-4-10-16-14/h1-12H. The van der Waals surface area contributed by atoms with Gasteiger partial charge in [-0.25, -0.2) is 0 Å². The van der Waals surface area contributed by atoms with Gasteiger partial charge in [-0.1, -0.05) is 21.2 Å². The second-order valence-electron chi connectivity index (χ2n) is 3.62. The predicted molar refractivity (Wildman–Crippen MR) is 83.8 cm³/mol. The van der Waals surface area contributed by atoms with E-state index >= 15 is 0 Å². The van der Waals surface area contributed by atoms with Gasteiger partial charge >= 0.3 is 0 Å². The van der Waals surface area contributed by atoms with E-state index in [-0.39, 0.29) is 0 Å². The Balaban J connectivity index is 1.69. The Hall–Kier alpha value is -2.67. The van der Waals surface area contributed by atoms with E-state index in [1.165, 1.54) is 0 Å². The van der Waals surface area contributed by atoms with Crippen LogP contribution >= 0.6 is 12.1 Å². The smallest absolute Gasteiger partial charge is 0.160 e. The summed E-state index contributed by atoms with van der Waals surface area (Å²) in [6.07, 6.45) is 10.0. The Morgan fingerprint density at radius 3 is 1.71 bits per heavy atom. The first-order valence-electron chi connectivity index (χ1n) is 6.07. The fourth-order valence-electron chi connectivity index (χ4n) is 1.28. The van der Waals surface area contributed by atoms with Crippen molar-refractivity contribution < 1.29 is 0 Å². The molecule has 0 aliphatic carbocycles. The van der Waals surface area contributed by atoms with Gasteiger partial charge in [0.1, 0.15) is 0 Å². The highest BCUT2D eigenvalue weighted by molar-refractivity contribution is 7.96. The highest BCUT2D eigenvalue weighted by atomic mass is 32.2. The third-order valence-corrected chi connectivity index (χ3v) is 2.50. The number of aromatic nitrogens is 2. The van der Waals surface area contributed by atoms with Crippen LogP contribution in [0.1, 0.15) is 11.4 Å². The van der Waals surface area contributed by atoms with Crippen molar-refractivity contribution in [2.24, 2.45) is 19.3 Å². The molecule has 0 aliphatic heterocycles. The van der Waals surface area contributed by atoms with E-state index in [9.17, 15) is 0 Å². The zero-order chi connectivity index (χ0) is 14.6. The second kappa shape index (κ2) is 9.27. The number of nitrogens with zero attached hydrogens (tertiary/aromatic N) is 6. The van der Waals surface area contributed by atoms with Crippen LogP contribution in [0.4, 0.5) is 0 Å². The van der Waals surface area contributed by atoms with Gasteiger partial charge in [0.2, 0.25) is 0 Å². The molecule has 2 aromatic rings. The second-order valence-corrected chi connectivity index (χ2v) is 4.11. The van der Waals surface area contributed by atoms with Gasteiger partial charge in [0.15, 0.2) is 12.1 Å². The van der Waals surface area contributed by atoms with Crippen molar-refractivity contribution in [1.82, 2.24) is 9.97 Å². The van der Waals surface area contributed by atoms with E-state index in [0.29, 0.717) is 0 Å². The fourth-order valence-corrected chi connectivity index (χ4v) is 1.51. The summed E-state index contributed by atoms with van der Waals surface area (Å²) >= 11 is 0.897. The van der Waals surface area contributed by atoms with E-state index in [2.05, 4.69) is 29.2 Å². The van der Waals surface area contributed by atoms with Crippen LogP contribution in [0.5, 0.6) is 0 Å². The molecule has 0 aromatic carbocycles. The van der Waals surface area contributed by atoms with Crippen molar-refractivity contribution >= 4 is 24.3 Å². The van der Waals surface area contributed by atoms with Crippen LogP contribution in [-0.4, -0.2) is 9.97 Å². The largest absolute Gasteiger partial charge is 0.257 e. The summed E-state index contributed by atoms with van der Waals surface area (Å²) in [4.78, 5) is 8.23. The molecule has 2 aromatic heterocycles. The predicted octanol–water partition coefficient (Wildman–Crippen LogP) is 4.59. The number of hydrogen-bond donors (Lipinski definition) is 0. The number of hydrogen-bond acceptors (Lipinski definition) is 7. The molecule has 0 N–H and O–H groups in total. The normalized spacial score (nSPS) is 12.2. The molecule has 0 spiro atoms. The minimum Gasteiger partial charge on any atom is -0.257 e. The Morgan fingerprint density at radius 1 is 0.762 bits per heavy atom. The zero-order valence-electron chi connectivity index (χ0n) is 11.0. The average Bonchev–Trinajstić information content (AvgIpc) is 2.55. The summed E-state index contributed by atoms with van der Waals surface area (Å²) in [7, 11) is 0. The maximum absolute atomic E-state index is 4.11. The Kier molecular flexibility index (Phi) is 6.50. The van der Waals surface area contributed by atoms with Crippen molar-refractivity contribution in [3.05, 3.63) is 72.6 Å². The van der Waals surface area contributed by atoms with Crippen LogP contribution in [0.15, 0.2) is 80.5 Å². The first-order chi connectivity index (χ1) is 10.4. The molecule has 0 saturated carbocycles. The summed E-state index contributed by atoms with van der Waals surface area (Å²) in [6.45, 7) is 0. The average molecular weight is 296 g/mol. The lowest BCUT2D eigenvalue weighted by atomic mass is 10.3. The molecule has 0 aliphatic rings. The lowest BCUT2D eigenvalue weighted by Crippen LogP contribution is -1.74. The minimum atomic E-state index is 0.821. The van der Waals surface area contributed by atoms with Crippen LogP contribution in [-0.2, 0) is 0 Å². The monoisotopic (exact) mass is 296 g/mol. The van der Waals surface area contributed by atoms with Gasteiger partial charge in [-0.15, -0.1) is 10.2 Å². The van der Waals surface area contributed by atoms with Crippen LogP contribution in [0, 0.1) is 0 Å². The van der Waals surface area contributed by atoms with E-state index in [1.807, 2.05) is 36.4 Å². The molecule has 0 amide bonds. The molecule has 21 heavy (non-hydrogen) atoms. The Morgan fingerprint density at radius 2 is 1.29 bits per heavy atom. The van der Waals surface area contributed by atoms with Crippen LogP contribution in [0.2, 0.25) is 0 Å². The topological polar surface area (TPSA) is 75.2 Å². The van der Waals surface area contributed by atoms with Gasteiger partial charge in [0.25, 0.3) is 0 Å². The lowest BCUT2D eigenvalue weighted by Gasteiger charge is -1.87. The molecule has 0 saturated heterocycles. The van der Waals surface area contributed by atoms with Gasteiger partial charge in [0, 0.05) is 12.4 Å². The van der Waals surface area contributed by atoms with Crippen molar-refractivity contribution in [2.75, 3.05) is 0 Å².